The van der Waals surface area contributed by atoms with E-state index in [9.17, 15) is 10.1 Å². The van der Waals surface area contributed by atoms with Crippen molar-refractivity contribution >= 4 is 28.5 Å². The molecule has 0 spiro atoms. The van der Waals surface area contributed by atoms with Crippen molar-refractivity contribution in [3.8, 4) is 0 Å². The van der Waals surface area contributed by atoms with Crippen LogP contribution in [0.2, 0.25) is 0 Å². The van der Waals surface area contributed by atoms with Crippen LogP contribution >= 0.6 is 0 Å². The molecule has 0 aliphatic rings. The van der Waals surface area contributed by atoms with E-state index in [1.54, 1.807) is 16.9 Å². The average Bonchev–Trinajstić information content (AvgIpc) is 3.03. The molecule has 21 heavy (non-hydrogen) atoms. The fourth-order valence-electron chi connectivity index (χ4n) is 1.89. The molecule has 0 saturated carbocycles. The summed E-state index contributed by atoms with van der Waals surface area (Å²) in [6, 6.07) is 4.83. The molecule has 0 atom stereocenters. The van der Waals surface area contributed by atoms with Crippen molar-refractivity contribution in [2.24, 2.45) is 0 Å². The van der Waals surface area contributed by atoms with Crippen LogP contribution in [0.5, 0.6) is 0 Å². The Hall–Kier alpha value is -2.90. The first-order valence-electron chi connectivity index (χ1n) is 6.39. The molecule has 3 rings (SSSR count). The number of hydrogen-bond acceptors (Lipinski definition) is 6. The molecule has 0 aliphatic carbocycles. The van der Waals surface area contributed by atoms with Gasteiger partial charge in [0.1, 0.15) is 5.52 Å². The molecule has 8 nitrogen and oxygen atoms in total. The summed E-state index contributed by atoms with van der Waals surface area (Å²) in [5, 5.41) is 17.9. The SMILES string of the molecule is CC(C)n1cc(Nc2nc3ccc([N+](=O)[O-])cc3o2)cn1. The van der Waals surface area contributed by atoms with Crippen LogP contribution in [0.15, 0.2) is 35.0 Å². The van der Waals surface area contributed by atoms with Crippen molar-refractivity contribution in [1.82, 2.24) is 14.8 Å². The van der Waals surface area contributed by atoms with Crippen LogP contribution in [0.3, 0.4) is 0 Å². The molecule has 3 aromatic rings. The first-order valence-corrected chi connectivity index (χ1v) is 6.39. The van der Waals surface area contributed by atoms with Crippen LogP contribution in [0.4, 0.5) is 17.4 Å². The van der Waals surface area contributed by atoms with Gasteiger partial charge >= 0.3 is 0 Å². The van der Waals surface area contributed by atoms with Gasteiger partial charge in [-0.25, -0.2) is 0 Å². The summed E-state index contributed by atoms with van der Waals surface area (Å²) in [5.41, 5.74) is 1.63. The molecule has 0 aliphatic heterocycles. The van der Waals surface area contributed by atoms with Crippen molar-refractivity contribution in [3.63, 3.8) is 0 Å². The third kappa shape index (κ3) is 2.55. The smallest absolute Gasteiger partial charge is 0.300 e. The lowest BCUT2D eigenvalue weighted by Gasteiger charge is -2.02. The second kappa shape index (κ2) is 4.89. The molecule has 8 heteroatoms. The van der Waals surface area contributed by atoms with Gasteiger partial charge < -0.3 is 9.73 Å². The Morgan fingerprint density at radius 1 is 1.43 bits per heavy atom. The van der Waals surface area contributed by atoms with Gasteiger partial charge in [0.2, 0.25) is 0 Å². The number of oxazole rings is 1. The van der Waals surface area contributed by atoms with E-state index in [1.165, 1.54) is 12.1 Å². The Morgan fingerprint density at radius 3 is 2.90 bits per heavy atom. The van der Waals surface area contributed by atoms with E-state index in [4.69, 9.17) is 4.42 Å². The van der Waals surface area contributed by atoms with Crippen molar-refractivity contribution < 1.29 is 9.34 Å². The van der Waals surface area contributed by atoms with Crippen LogP contribution in [0.1, 0.15) is 19.9 Å². The molecule has 2 aromatic heterocycles. The molecule has 0 radical (unpaired) electrons. The Bertz CT molecular complexity index is 805. The lowest BCUT2D eigenvalue weighted by molar-refractivity contribution is -0.384. The molecule has 1 aromatic carbocycles. The molecule has 0 saturated heterocycles. The second-order valence-corrected chi connectivity index (χ2v) is 4.86. The molecular formula is C13H13N5O3. The number of nitro benzene ring substituents is 1. The molecule has 0 fully saturated rings. The number of aromatic nitrogens is 3. The lowest BCUT2D eigenvalue weighted by atomic mass is 10.3. The number of fused-ring (bicyclic) bond motifs is 1. The van der Waals surface area contributed by atoms with Crippen LogP contribution in [0, 0.1) is 10.1 Å². The normalized spacial score (nSPS) is 11.2. The second-order valence-electron chi connectivity index (χ2n) is 4.86. The average molecular weight is 287 g/mol. The third-order valence-electron chi connectivity index (χ3n) is 2.96. The topological polar surface area (TPSA) is 99.0 Å². The van der Waals surface area contributed by atoms with Crippen LogP contribution in [-0.4, -0.2) is 19.7 Å². The maximum Gasteiger partial charge on any atom is 0.300 e. The van der Waals surface area contributed by atoms with Crippen LogP contribution < -0.4 is 5.32 Å². The number of nitrogens with zero attached hydrogens (tertiary/aromatic N) is 4. The highest BCUT2D eigenvalue weighted by molar-refractivity contribution is 5.77. The van der Waals surface area contributed by atoms with Crippen LogP contribution in [0.25, 0.3) is 11.1 Å². The molecule has 0 bridgehead atoms. The monoisotopic (exact) mass is 287 g/mol. The van der Waals surface area contributed by atoms with Gasteiger partial charge in [0.05, 0.1) is 22.9 Å². The standard InChI is InChI=1S/C13H13N5O3/c1-8(2)17-7-9(6-14-17)15-13-16-11-4-3-10(18(19)20)5-12(11)21-13/h3-8H,1-2H3,(H,15,16). The summed E-state index contributed by atoms with van der Waals surface area (Å²) in [6.07, 6.45) is 3.50. The Balaban J connectivity index is 1.88. The largest absolute Gasteiger partial charge is 0.423 e. The summed E-state index contributed by atoms with van der Waals surface area (Å²) in [7, 11) is 0. The van der Waals surface area contributed by atoms with E-state index in [2.05, 4.69) is 15.4 Å². The van der Waals surface area contributed by atoms with Gasteiger partial charge in [-0.2, -0.15) is 10.1 Å². The number of non-ortho nitro benzene ring substituents is 1. The molecule has 0 amide bonds. The van der Waals surface area contributed by atoms with Gasteiger partial charge in [-0.1, -0.05) is 0 Å². The Kier molecular flexibility index (Phi) is 3.05. The zero-order valence-corrected chi connectivity index (χ0v) is 11.5. The predicted octanol–water partition coefficient (Wildman–Crippen LogP) is 3.26. The van der Waals surface area contributed by atoms with Crippen molar-refractivity contribution in [2.75, 3.05) is 5.32 Å². The van der Waals surface area contributed by atoms with E-state index >= 15 is 0 Å². The van der Waals surface area contributed by atoms with E-state index in [-0.39, 0.29) is 17.7 Å². The van der Waals surface area contributed by atoms with Crippen LogP contribution in [-0.2, 0) is 0 Å². The predicted molar refractivity (Wildman–Crippen MR) is 76.6 cm³/mol. The molecular weight excluding hydrogens is 274 g/mol. The third-order valence-corrected chi connectivity index (χ3v) is 2.96. The summed E-state index contributed by atoms with van der Waals surface area (Å²) in [6.45, 7) is 4.05. The zero-order valence-electron chi connectivity index (χ0n) is 11.5. The summed E-state index contributed by atoms with van der Waals surface area (Å²) in [4.78, 5) is 14.5. The number of hydrogen-bond donors (Lipinski definition) is 1. The van der Waals surface area contributed by atoms with E-state index in [0.29, 0.717) is 11.1 Å². The van der Waals surface area contributed by atoms with Gasteiger partial charge in [0.15, 0.2) is 5.58 Å². The van der Waals surface area contributed by atoms with Gasteiger partial charge in [-0.3, -0.25) is 14.8 Å². The molecule has 2 heterocycles. The highest BCUT2D eigenvalue weighted by Gasteiger charge is 2.12. The minimum atomic E-state index is -0.471. The van der Waals surface area contributed by atoms with Gasteiger partial charge in [0, 0.05) is 18.3 Å². The summed E-state index contributed by atoms with van der Waals surface area (Å²) in [5.74, 6) is 0. The lowest BCUT2D eigenvalue weighted by Crippen LogP contribution is -1.99. The van der Waals surface area contributed by atoms with Crippen molar-refractivity contribution in [2.45, 2.75) is 19.9 Å². The molecule has 108 valence electrons. The van der Waals surface area contributed by atoms with Gasteiger partial charge in [-0.05, 0) is 19.9 Å². The number of benzene rings is 1. The van der Waals surface area contributed by atoms with Gasteiger partial charge in [-0.15, -0.1) is 0 Å². The van der Waals surface area contributed by atoms with Crippen molar-refractivity contribution in [1.29, 1.82) is 0 Å². The quantitative estimate of drug-likeness (QED) is 0.584. The zero-order chi connectivity index (χ0) is 15.0. The van der Waals surface area contributed by atoms with Gasteiger partial charge in [0.25, 0.3) is 11.7 Å². The van der Waals surface area contributed by atoms with E-state index < -0.39 is 4.92 Å². The van der Waals surface area contributed by atoms with E-state index in [1.807, 2.05) is 20.0 Å². The molecule has 1 N–H and O–H groups in total. The van der Waals surface area contributed by atoms with E-state index in [0.717, 1.165) is 5.69 Å². The fourth-order valence-corrected chi connectivity index (χ4v) is 1.89. The number of nitro groups is 1. The molecule has 0 unspecified atom stereocenters. The first kappa shape index (κ1) is 13.1. The first-order chi connectivity index (χ1) is 10.0. The highest BCUT2D eigenvalue weighted by Crippen LogP contribution is 2.25. The number of nitrogens with one attached hydrogen (secondary N) is 1. The Morgan fingerprint density at radius 2 is 2.24 bits per heavy atom. The minimum Gasteiger partial charge on any atom is -0.423 e. The summed E-state index contributed by atoms with van der Waals surface area (Å²) >= 11 is 0. The maximum absolute atomic E-state index is 10.7. The highest BCUT2D eigenvalue weighted by atomic mass is 16.6. The fraction of sp³-hybridized carbons (Fsp3) is 0.231. The minimum absolute atomic E-state index is 0.0298. The number of anilines is 2. The maximum atomic E-state index is 10.7. The number of rotatable bonds is 4. The summed E-state index contributed by atoms with van der Waals surface area (Å²) < 4.78 is 7.27. The van der Waals surface area contributed by atoms with Crippen molar-refractivity contribution in [3.05, 3.63) is 40.7 Å². The Labute approximate surface area is 119 Å².